The number of hydrogen-bond acceptors (Lipinski definition) is 3. The maximum atomic E-state index is 13.5. The van der Waals surface area contributed by atoms with Gasteiger partial charge in [-0.05, 0) is 32.4 Å². The van der Waals surface area contributed by atoms with Crippen molar-refractivity contribution in [2.45, 2.75) is 32.4 Å². The number of nitrogen functional groups attached to an aromatic ring is 1. The van der Waals surface area contributed by atoms with Crippen LogP contribution in [0.1, 0.15) is 30.6 Å². The van der Waals surface area contributed by atoms with Crippen molar-refractivity contribution < 1.29 is 18.7 Å². The first-order valence-corrected chi connectivity index (χ1v) is 5.54. The quantitative estimate of drug-likeness (QED) is 0.715. The summed E-state index contributed by atoms with van der Waals surface area (Å²) in [6, 6.07) is 1.24. The van der Waals surface area contributed by atoms with E-state index in [2.05, 4.69) is 5.32 Å². The molecule has 1 rings (SSSR count). The summed E-state index contributed by atoms with van der Waals surface area (Å²) in [7, 11) is 0. The Labute approximate surface area is 104 Å². The highest BCUT2D eigenvalue weighted by molar-refractivity contribution is 5.95. The Morgan fingerprint density at radius 2 is 2.06 bits per heavy atom. The molecule has 0 aromatic heterocycles. The van der Waals surface area contributed by atoms with Crippen LogP contribution in [0.4, 0.5) is 14.5 Å². The molecule has 100 valence electrons. The van der Waals surface area contributed by atoms with E-state index in [0.717, 1.165) is 12.1 Å². The molecule has 0 saturated carbocycles. The SMILES string of the molecule is CC(O)CC(C)NC(=O)c1cc(F)cc(N)c1F. The van der Waals surface area contributed by atoms with E-state index in [1.165, 1.54) is 0 Å². The van der Waals surface area contributed by atoms with Crippen molar-refractivity contribution in [2.75, 3.05) is 5.73 Å². The van der Waals surface area contributed by atoms with E-state index in [4.69, 9.17) is 10.8 Å². The number of aliphatic hydroxyl groups is 1. The second-order valence-electron chi connectivity index (χ2n) is 4.32. The van der Waals surface area contributed by atoms with Crippen LogP contribution in [0.5, 0.6) is 0 Å². The zero-order chi connectivity index (χ0) is 13.9. The summed E-state index contributed by atoms with van der Waals surface area (Å²) in [6.07, 6.45) is -0.277. The van der Waals surface area contributed by atoms with Crippen LogP contribution in [0, 0.1) is 11.6 Å². The molecule has 18 heavy (non-hydrogen) atoms. The Balaban J connectivity index is 2.85. The number of rotatable bonds is 4. The normalized spacial score (nSPS) is 14.1. The minimum absolute atomic E-state index is 0.318. The van der Waals surface area contributed by atoms with Gasteiger partial charge >= 0.3 is 0 Å². The molecule has 2 atom stereocenters. The molecule has 1 aromatic rings. The van der Waals surface area contributed by atoms with Gasteiger partial charge in [0.2, 0.25) is 0 Å². The molecule has 0 fully saturated rings. The number of hydrogen-bond donors (Lipinski definition) is 3. The Morgan fingerprint density at radius 3 is 2.61 bits per heavy atom. The van der Waals surface area contributed by atoms with Crippen LogP contribution >= 0.6 is 0 Å². The van der Waals surface area contributed by atoms with Crippen LogP contribution in [0.3, 0.4) is 0 Å². The van der Waals surface area contributed by atoms with E-state index in [0.29, 0.717) is 6.42 Å². The number of halogens is 2. The Hall–Kier alpha value is -1.69. The zero-order valence-corrected chi connectivity index (χ0v) is 10.2. The molecule has 0 heterocycles. The number of carbonyl (C=O) groups is 1. The van der Waals surface area contributed by atoms with E-state index in [9.17, 15) is 13.6 Å². The summed E-state index contributed by atoms with van der Waals surface area (Å²) in [5.41, 5.74) is 4.38. The van der Waals surface area contributed by atoms with E-state index < -0.39 is 34.9 Å². The number of benzene rings is 1. The van der Waals surface area contributed by atoms with Crippen molar-refractivity contribution in [3.63, 3.8) is 0 Å². The molecular formula is C12H16F2N2O2. The van der Waals surface area contributed by atoms with Gasteiger partial charge in [0, 0.05) is 6.04 Å². The van der Waals surface area contributed by atoms with Gasteiger partial charge in [0.05, 0.1) is 17.4 Å². The number of anilines is 1. The van der Waals surface area contributed by atoms with Gasteiger partial charge in [-0.25, -0.2) is 8.78 Å². The van der Waals surface area contributed by atoms with Gasteiger partial charge in [-0.15, -0.1) is 0 Å². The van der Waals surface area contributed by atoms with Crippen molar-refractivity contribution in [3.8, 4) is 0 Å². The van der Waals surface area contributed by atoms with Gasteiger partial charge in [0.25, 0.3) is 5.91 Å². The fraction of sp³-hybridized carbons (Fsp3) is 0.417. The van der Waals surface area contributed by atoms with Crippen LogP contribution < -0.4 is 11.1 Å². The monoisotopic (exact) mass is 258 g/mol. The fourth-order valence-electron chi connectivity index (χ4n) is 1.65. The number of nitrogens with two attached hydrogens (primary N) is 1. The molecule has 6 heteroatoms. The molecular weight excluding hydrogens is 242 g/mol. The molecule has 0 aliphatic carbocycles. The molecule has 0 bridgehead atoms. The largest absolute Gasteiger partial charge is 0.396 e. The standard InChI is InChI=1S/C12H16F2N2O2/c1-6(3-7(2)17)16-12(18)9-4-8(13)5-10(15)11(9)14/h4-7,17H,3,15H2,1-2H3,(H,16,18). The maximum absolute atomic E-state index is 13.5. The van der Waals surface area contributed by atoms with Gasteiger partial charge in [-0.1, -0.05) is 0 Å². The topological polar surface area (TPSA) is 75.3 Å². The van der Waals surface area contributed by atoms with Gasteiger partial charge in [-0.3, -0.25) is 4.79 Å². The zero-order valence-electron chi connectivity index (χ0n) is 10.2. The number of carbonyl (C=O) groups excluding carboxylic acids is 1. The van der Waals surface area contributed by atoms with Crippen molar-refractivity contribution in [3.05, 3.63) is 29.3 Å². The summed E-state index contributed by atoms with van der Waals surface area (Å²) in [6.45, 7) is 3.23. The summed E-state index contributed by atoms with van der Waals surface area (Å²) in [5, 5.41) is 11.6. The minimum atomic E-state index is -0.946. The van der Waals surface area contributed by atoms with E-state index >= 15 is 0 Å². The summed E-state index contributed by atoms with van der Waals surface area (Å²) in [4.78, 5) is 11.7. The molecule has 4 N–H and O–H groups in total. The first-order valence-electron chi connectivity index (χ1n) is 5.54. The number of amides is 1. The van der Waals surface area contributed by atoms with Crippen molar-refractivity contribution in [1.82, 2.24) is 5.32 Å². The lowest BCUT2D eigenvalue weighted by Crippen LogP contribution is -2.35. The molecule has 1 aromatic carbocycles. The summed E-state index contributed by atoms with van der Waals surface area (Å²) in [5.74, 6) is -2.48. The molecule has 1 amide bonds. The molecule has 4 nitrogen and oxygen atoms in total. The minimum Gasteiger partial charge on any atom is -0.396 e. The first-order chi connectivity index (χ1) is 8.31. The van der Waals surface area contributed by atoms with Crippen LogP contribution in [-0.4, -0.2) is 23.2 Å². The number of nitrogens with one attached hydrogen (secondary N) is 1. The van der Waals surface area contributed by atoms with Crippen LogP contribution in [0.25, 0.3) is 0 Å². The summed E-state index contributed by atoms with van der Waals surface area (Å²) >= 11 is 0. The third-order valence-electron chi connectivity index (χ3n) is 2.38. The lowest BCUT2D eigenvalue weighted by Gasteiger charge is -2.16. The maximum Gasteiger partial charge on any atom is 0.254 e. The average molecular weight is 258 g/mol. The first kappa shape index (κ1) is 14.4. The molecule has 0 aliphatic heterocycles. The highest BCUT2D eigenvalue weighted by atomic mass is 19.1. The van der Waals surface area contributed by atoms with Crippen molar-refractivity contribution >= 4 is 11.6 Å². The Bertz CT molecular complexity index is 450. The predicted molar refractivity (Wildman–Crippen MR) is 64.0 cm³/mol. The van der Waals surface area contributed by atoms with Gasteiger partial charge < -0.3 is 16.2 Å². The molecule has 0 spiro atoms. The van der Waals surface area contributed by atoms with Crippen molar-refractivity contribution in [2.24, 2.45) is 0 Å². The van der Waals surface area contributed by atoms with E-state index in [1.54, 1.807) is 13.8 Å². The average Bonchev–Trinajstić information content (AvgIpc) is 2.21. The fourth-order valence-corrected chi connectivity index (χ4v) is 1.65. The third kappa shape index (κ3) is 3.66. The van der Waals surface area contributed by atoms with Crippen LogP contribution in [-0.2, 0) is 0 Å². The second-order valence-corrected chi connectivity index (χ2v) is 4.32. The number of aliphatic hydroxyl groups excluding tert-OH is 1. The highest BCUT2D eigenvalue weighted by Crippen LogP contribution is 2.17. The van der Waals surface area contributed by atoms with Crippen LogP contribution in [0.2, 0.25) is 0 Å². The predicted octanol–water partition coefficient (Wildman–Crippen LogP) is 1.44. The summed E-state index contributed by atoms with van der Waals surface area (Å²) < 4.78 is 26.6. The highest BCUT2D eigenvalue weighted by Gasteiger charge is 2.18. The van der Waals surface area contributed by atoms with Gasteiger partial charge in [0.15, 0.2) is 5.82 Å². The van der Waals surface area contributed by atoms with E-state index in [1.807, 2.05) is 0 Å². The molecule has 0 saturated heterocycles. The Morgan fingerprint density at radius 1 is 1.44 bits per heavy atom. The Kier molecular flexibility index (Phi) is 4.61. The molecule has 2 unspecified atom stereocenters. The molecule has 0 radical (unpaired) electrons. The van der Waals surface area contributed by atoms with Gasteiger partial charge in [-0.2, -0.15) is 0 Å². The smallest absolute Gasteiger partial charge is 0.254 e. The lowest BCUT2D eigenvalue weighted by atomic mass is 10.1. The third-order valence-corrected chi connectivity index (χ3v) is 2.38. The van der Waals surface area contributed by atoms with Crippen LogP contribution in [0.15, 0.2) is 12.1 Å². The molecule has 0 aliphatic rings. The second kappa shape index (κ2) is 5.77. The van der Waals surface area contributed by atoms with Gasteiger partial charge in [0.1, 0.15) is 5.82 Å². The van der Waals surface area contributed by atoms with Crippen molar-refractivity contribution in [1.29, 1.82) is 0 Å². The lowest BCUT2D eigenvalue weighted by molar-refractivity contribution is 0.0918. The van der Waals surface area contributed by atoms with E-state index in [-0.39, 0.29) is 6.04 Å².